The maximum atomic E-state index is 12.8. The summed E-state index contributed by atoms with van der Waals surface area (Å²) in [6.07, 6.45) is 5.49. The smallest absolute Gasteiger partial charge is 0.256 e. The van der Waals surface area contributed by atoms with Gasteiger partial charge in [0.1, 0.15) is 11.6 Å². The number of piperidine rings is 1. The highest BCUT2D eigenvalue weighted by molar-refractivity contribution is 6.03. The molecule has 2 heterocycles. The highest BCUT2D eigenvalue weighted by Crippen LogP contribution is 2.20. The van der Waals surface area contributed by atoms with Gasteiger partial charge in [0.05, 0.1) is 11.9 Å². The van der Waals surface area contributed by atoms with Gasteiger partial charge in [-0.2, -0.15) is 0 Å². The molecule has 0 bridgehead atoms. The van der Waals surface area contributed by atoms with Crippen LogP contribution in [0.2, 0.25) is 0 Å². The zero-order valence-electron chi connectivity index (χ0n) is 12.3. The number of anilines is 2. The lowest BCUT2D eigenvalue weighted by Crippen LogP contribution is -2.29. The minimum Gasteiger partial charge on any atom is -0.370 e. The molecule has 1 amide bonds. The molecule has 0 spiro atoms. The molecule has 1 aliphatic heterocycles. The zero-order chi connectivity index (χ0) is 15.4. The number of benzene rings is 1. The molecule has 1 fully saturated rings. The number of aromatic nitrogens is 1. The molecule has 3 rings (SSSR count). The van der Waals surface area contributed by atoms with Crippen molar-refractivity contribution in [3.63, 3.8) is 0 Å². The molecule has 1 saturated heterocycles. The van der Waals surface area contributed by atoms with Crippen molar-refractivity contribution in [1.82, 2.24) is 4.98 Å². The van der Waals surface area contributed by atoms with Gasteiger partial charge in [0.15, 0.2) is 0 Å². The maximum Gasteiger partial charge on any atom is 0.256 e. The number of pyridine rings is 1. The number of hydrogen-bond acceptors (Lipinski definition) is 3. The van der Waals surface area contributed by atoms with Gasteiger partial charge in [0.2, 0.25) is 0 Å². The molecule has 0 unspecified atom stereocenters. The average Bonchev–Trinajstić information content (AvgIpc) is 2.57. The summed E-state index contributed by atoms with van der Waals surface area (Å²) >= 11 is 0. The Kier molecular flexibility index (Phi) is 4.32. The Bertz CT molecular complexity index is 634. The maximum absolute atomic E-state index is 12.8. The third-order valence-electron chi connectivity index (χ3n) is 3.82. The molecule has 114 valence electrons. The Balaban J connectivity index is 1.65. The second-order valence-electron chi connectivity index (χ2n) is 5.41. The average molecular weight is 299 g/mol. The number of carbonyl (C=O) groups excluding carboxylic acids is 1. The summed E-state index contributed by atoms with van der Waals surface area (Å²) in [6, 6.07) is 9.20. The van der Waals surface area contributed by atoms with Crippen LogP contribution in [0.15, 0.2) is 42.6 Å². The van der Waals surface area contributed by atoms with E-state index in [-0.39, 0.29) is 11.7 Å². The molecule has 5 heteroatoms. The first-order chi connectivity index (χ1) is 10.7. The van der Waals surface area contributed by atoms with E-state index in [1.54, 1.807) is 12.3 Å². The van der Waals surface area contributed by atoms with Crippen molar-refractivity contribution < 1.29 is 9.18 Å². The zero-order valence-corrected chi connectivity index (χ0v) is 12.3. The van der Waals surface area contributed by atoms with Crippen molar-refractivity contribution >= 4 is 17.4 Å². The van der Waals surface area contributed by atoms with Gasteiger partial charge in [-0.1, -0.05) is 0 Å². The molecule has 4 nitrogen and oxygen atoms in total. The second-order valence-corrected chi connectivity index (χ2v) is 5.41. The van der Waals surface area contributed by atoms with Crippen molar-refractivity contribution in [1.29, 1.82) is 0 Å². The summed E-state index contributed by atoms with van der Waals surface area (Å²) in [6.45, 7) is 2.12. The van der Waals surface area contributed by atoms with Gasteiger partial charge >= 0.3 is 0 Å². The summed E-state index contributed by atoms with van der Waals surface area (Å²) in [5.74, 6) is -0.158. The van der Waals surface area contributed by atoms with Gasteiger partial charge in [-0.05, 0) is 55.7 Å². The lowest BCUT2D eigenvalue weighted by Gasteiger charge is -2.28. The second kappa shape index (κ2) is 6.56. The van der Waals surface area contributed by atoms with Crippen molar-refractivity contribution in [2.45, 2.75) is 19.3 Å². The molecule has 0 atom stereocenters. The summed E-state index contributed by atoms with van der Waals surface area (Å²) in [4.78, 5) is 18.6. The van der Waals surface area contributed by atoms with Crippen LogP contribution in [-0.4, -0.2) is 24.0 Å². The summed E-state index contributed by atoms with van der Waals surface area (Å²) in [5, 5.41) is 2.72. The topological polar surface area (TPSA) is 45.2 Å². The standard InChI is InChI=1S/C17H18FN3O/c18-14-6-4-13(5-7-14)17(22)20-16-9-8-15(12-19-16)21-10-2-1-3-11-21/h4-9,12H,1-3,10-11H2,(H,19,20,22). The molecule has 1 aromatic heterocycles. The van der Waals surface area contributed by atoms with E-state index in [0.717, 1.165) is 18.8 Å². The number of nitrogens with zero attached hydrogens (tertiary/aromatic N) is 2. The normalized spacial score (nSPS) is 14.7. The number of nitrogens with one attached hydrogen (secondary N) is 1. The molecular weight excluding hydrogens is 281 g/mol. The fourth-order valence-corrected chi connectivity index (χ4v) is 2.59. The van der Waals surface area contributed by atoms with E-state index < -0.39 is 0 Å². The molecule has 1 aliphatic rings. The molecule has 22 heavy (non-hydrogen) atoms. The fraction of sp³-hybridized carbons (Fsp3) is 0.294. The molecule has 2 aromatic rings. The van der Waals surface area contributed by atoms with Crippen molar-refractivity contribution in [2.75, 3.05) is 23.3 Å². The number of rotatable bonds is 3. The number of carbonyl (C=O) groups is 1. The monoisotopic (exact) mass is 299 g/mol. The Morgan fingerprint density at radius 2 is 1.77 bits per heavy atom. The Morgan fingerprint density at radius 1 is 1.05 bits per heavy atom. The van der Waals surface area contributed by atoms with Crippen LogP contribution in [0.3, 0.4) is 0 Å². The molecule has 0 radical (unpaired) electrons. The van der Waals surface area contributed by atoms with Crippen molar-refractivity contribution in [2.24, 2.45) is 0 Å². The van der Waals surface area contributed by atoms with Gasteiger partial charge in [0, 0.05) is 18.7 Å². The van der Waals surface area contributed by atoms with Crippen molar-refractivity contribution in [3.8, 4) is 0 Å². The summed E-state index contributed by atoms with van der Waals surface area (Å²) < 4.78 is 12.8. The number of hydrogen-bond donors (Lipinski definition) is 1. The van der Waals surface area contributed by atoms with E-state index in [1.165, 1.54) is 43.5 Å². The third-order valence-corrected chi connectivity index (χ3v) is 3.82. The minimum absolute atomic E-state index is 0.293. The number of amides is 1. The predicted molar refractivity (Wildman–Crippen MR) is 84.7 cm³/mol. The Morgan fingerprint density at radius 3 is 2.41 bits per heavy atom. The van der Waals surface area contributed by atoms with E-state index in [1.807, 2.05) is 6.07 Å². The molecule has 1 N–H and O–H groups in total. The first-order valence-corrected chi connectivity index (χ1v) is 7.50. The lowest BCUT2D eigenvalue weighted by molar-refractivity contribution is 0.102. The van der Waals surface area contributed by atoms with Gasteiger partial charge in [0.25, 0.3) is 5.91 Å². The van der Waals surface area contributed by atoms with Crippen LogP contribution in [-0.2, 0) is 0 Å². The fourth-order valence-electron chi connectivity index (χ4n) is 2.59. The van der Waals surface area contributed by atoms with Gasteiger partial charge in [-0.15, -0.1) is 0 Å². The van der Waals surface area contributed by atoms with Crippen LogP contribution in [0.1, 0.15) is 29.6 Å². The van der Waals surface area contributed by atoms with Crippen LogP contribution in [0, 0.1) is 5.82 Å². The van der Waals surface area contributed by atoms with E-state index in [9.17, 15) is 9.18 Å². The molecule has 1 aromatic carbocycles. The number of halogens is 1. The van der Waals surface area contributed by atoms with Gasteiger partial charge in [-0.25, -0.2) is 9.37 Å². The molecular formula is C17H18FN3O. The predicted octanol–water partition coefficient (Wildman–Crippen LogP) is 3.46. The Hall–Kier alpha value is -2.43. The quantitative estimate of drug-likeness (QED) is 0.944. The van der Waals surface area contributed by atoms with E-state index in [0.29, 0.717) is 11.4 Å². The Labute approximate surface area is 129 Å². The summed E-state index contributed by atoms with van der Waals surface area (Å²) in [7, 11) is 0. The third kappa shape index (κ3) is 3.42. The van der Waals surface area contributed by atoms with Crippen LogP contribution in [0.25, 0.3) is 0 Å². The van der Waals surface area contributed by atoms with Crippen LogP contribution >= 0.6 is 0 Å². The van der Waals surface area contributed by atoms with Crippen LogP contribution in [0.5, 0.6) is 0 Å². The first kappa shape index (κ1) is 14.5. The van der Waals surface area contributed by atoms with E-state index in [4.69, 9.17) is 0 Å². The van der Waals surface area contributed by atoms with Gasteiger partial charge < -0.3 is 10.2 Å². The van der Waals surface area contributed by atoms with Crippen LogP contribution < -0.4 is 10.2 Å². The summed E-state index contributed by atoms with van der Waals surface area (Å²) in [5.41, 5.74) is 1.49. The van der Waals surface area contributed by atoms with Crippen molar-refractivity contribution in [3.05, 3.63) is 54.0 Å². The SMILES string of the molecule is O=C(Nc1ccc(N2CCCCC2)cn1)c1ccc(F)cc1. The van der Waals surface area contributed by atoms with E-state index in [2.05, 4.69) is 15.2 Å². The highest BCUT2D eigenvalue weighted by atomic mass is 19.1. The minimum atomic E-state index is -0.361. The van der Waals surface area contributed by atoms with Gasteiger partial charge in [-0.3, -0.25) is 4.79 Å². The lowest BCUT2D eigenvalue weighted by atomic mass is 10.1. The van der Waals surface area contributed by atoms with Crippen LogP contribution in [0.4, 0.5) is 15.9 Å². The highest BCUT2D eigenvalue weighted by Gasteiger charge is 2.12. The first-order valence-electron chi connectivity index (χ1n) is 7.50. The largest absolute Gasteiger partial charge is 0.370 e. The van der Waals surface area contributed by atoms with E-state index >= 15 is 0 Å². The molecule has 0 aliphatic carbocycles. The molecule has 0 saturated carbocycles.